The van der Waals surface area contributed by atoms with Gasteiger partial charge in [0.05, 0.1) is 14.2 Å². The molecule has 1 aromatic carbocycles. The van der Waals surface area contributed by atoms with Crippen LogP contribution in [0, 0.1) is 0 Å². The molecule has 3 rings (SSSR count). The Balaban J connectivity index is 1.63. The molecule has 0 aliphatic carbocycles. The number of benzene rings is 1. The summed E-state index contributed by atoms with van der Waals surface area (Å²) >= 11 is 1.59. The lowest BCUT2D eigenvalue weighted by molar-refractivity contribution is 0.245. The van der Waals surface area contributed by atoms with Crippen molar-refractivity contribution in [2.45, 2.75) is 6.54 Å². The Morgan fingerprint density at radius 3 is 2.59 bits per heavy atom. The predicted molar refractivity (Wildman–Crippen MR) is 86.9 cm³/mol. The molecule has 0 N–H and O–H groups in total. The minimum atomic E-state index is 0.864. The Morgan fingerprint density at radius 2 is 1.95 bits per heavy atom. The number of hydrogen-bond acceptors (Lipinski definition) is 7. The first-order valence-electron chi connectivity index (χ1n) is 7.24. The second-order valence-corrected chi connectivity index (χ2v) is 5.97. The summed E-state index contributed by atoms with van der Waals surface area (Å²) < 4.78 is 10.8. The first kappa shape index (κ1) is 15.1. The highest BCUT2D eigenvalue weighted by Gasteiger charge is 2.20. The van der Waals surface area contributed by atoms with Crippen molar-refractivity contribution >= 4 is 16.5 Å². The van der Waals surface area contributed by atoms with Crippen LogP contribution in [0.25, 0.3) is 0 Å². The highest BCUT2D eigenvalue weighted by atomic mass is 32.1. The van der Waals surface area contributed by atoms with E-state index in [-0.39, 0.29) is 0 Å². The van der Waals surface area contributed by atoms with Crippen molar-refractivity contribution in [1.29, 1.82) is 0 Å². The second kappa shape index (κ2) is 6.93. The Bertz CT molecular complexity index is 598. The first-order chi connectivity index (χ1) is 10.8. The van der Waals surface area contributed by atoms with E-state index in [1.54, 1.807) is 31.1 Å². The van der Waals surface area contributed by atoms with Gasteiger partial charge < -0.3 is 14.4 Å². The Labute approximate surface area is 134 Å². The Morgan fingerprint density at radius 1 is 1.14 bits per heavy atom. The van der Waals surface area contributed by atoms with Gasteiger partial charge in [-0.05, 0) is 18.2 Å². The number of ether oxygens (including phenoxy) is 2. The van der Waals surface area contributed by atoms with Crippen LogP contribution in [0.4, 0.5) is 5.13 Å². The van der Waals surface area contributed by atoms with Gasteiger partial charge in [-0.1, -0.05) is 11.3 Å². The van der Waals surface area contributed by atoms with Gasteiger partial charge in [-0.15, -0.1) is 10.2 Å². The highest BCUT2D eigenvalue weighted by Crippen LogP contribution is 2.26. The standard InChI is InChI=1S/C15H20N4O2S/c1-20-13-3-4-14(21-2)12(9-13)10-18-5-7-19(8-6-18)15-17-16-11-22-15/h3-4,9,11H,5-8,10H2,1-2H3. The van der Waals surface area contributed by atoms with Gasteiger partial charge in [0, 0.05) is 38.3 Å². The fraction of sp³-hybridized carbons (Fsp3) is 0.467. The minimum absolute atomic E-state index is 0.864. The van der Waals surface area contributed by atoms with Gasteiger partial charge in [0.25, 0.3) is 0 Å². The predicted octanol–water partition coefficient (Wildman–Crippen LogP) is 1.88. The highest BCUT2D eigenvalue weighted by molar-refractivity contribution is 7.13. The summed E-state index contributed by atoms with van der Waals surface area (Å²) in [6.07, 6.45) is 0. The van der Waals surface area contributed by atoms with Crippen LogP contribution >= 0.6 is 11.3 Å². The normalized spacial score (nSPS) is 15.8. The number of nitrogens with zero attached hydrogens (tertiary/aromatic N) is 4. The Hall–Kier alpha value is -1.86. The molecule has 0 saturated carbocycles. The maximum atomic E-state index is 5.46. The monoisotopic (exact) mass is 320 g/mol. The van der Waals surface area contributed by atoms with Crippen LogP contribution in [-0.2, 0) is 6.54 Å². The molecule has 1 saturated heterocycles. The lowest BCUT2D eigenvalue weighted by atomic mass is 10.1. The van der Waals surface area contributed by atoms with Gasteiger partial charge >= 0.3 is 0 Å². The third-order valence-electron chi connectivity index (χ3n) is 3.87. The summed E-state index contributed by atoms with van der Waals surface area (Å²) in [4.78, 5) is 4.71. The fourth-order valence-corrected chi connectivity index (χ4v) is 3.26. The zero-order valence-electron chi connectivity index (χ0n) is 12.9. The molecule has 7 heteroatoms. The van der Waals surface area contributed by atoms with Gasteiger partial charge in [-0.25, -0.2) is 0 Å². The summed E-state index contributed by atoms with van der Waals surface area (Å²) in [5.41, 5.74) is 2.94. The van der Waals surface area contributed by atoms with E-state index in [1.807, 2.05) is 12.1 Å². The number of anilines is 1. The molecule has 1 aliphatic heterocycles. The second-order valence-electron chi connectivity index (χ2n) is 5.16. The van der Waals surface area contributed by atoms with Crippen LogP contribution in [0.2, 0.25) is 0 Å². The summed E-state index contributed by atoms with van der Waals surface area (Å²) in [7, 11) is 3.39. The topological polar surface area (TPSA) is 50.7 Å². The van der Waals surface area contributed by atoms with Crippen molar-refractivity contribution in [2.75, 3.05) is 45.3 Å². The maximum Gasteiger partial charge on any atom is 0.208 e. The zero-order chi connectivity index (χ0) is 15.4. The molecule has 2 aromatic rings. The number of aromatic nitrogens is 2. The van der Waals surface area contributed by atoms with E-state index in [2.05, 4.69) is 26.1 Å². The van der Waals surface area contributed by atoms with Crippen LogP contribution < -0.4 is 14.4 Å². The van der Waals surface area contributed by atoms with Crippen molar-refractivity contribution in [3.05, 3.63) is 29.3 Å². The average Bonchev–Trinajstić information content (AvgIpc) is 3.10. The minimum Gasteiger partial charge on any atom is -0.497 e. The summed E-state index contributed by atoms with van der Waals surface area (Å²) in [6.45, 7) is 4.81. The third-order valence-corrected chi connectivity index (χ3v) is 4.62. The van der Waals surface area contributed by atoms with E-state index in [4.69, 9.17) is 9.47 Å². The van der Waals surface area contributed by atoms with Crippen molar-refractivity contribution < 1.29 is 9.47 Å². The molecule has 0 atom stereocenters. The van der Waals surface area contributed by atoms with Crippen LogP contribution in [0.1, 0.15) is 5.56 Å². The van der Waals surface area contributed by atoms with E-state index >= 15 is 0 Å². The van der Waals surface area contributed by atoms with Crippen LogP contribution in [0.3, 0.4) is 0 Å². The Kier molecular flexibility index (Phi) is 4.74. The number of piperazine rings is 1. The lowest BCUT2D eigenvalue weighted by Crippen LogP contribution is -2.46. The van der Waals surface area contributed by atoms with E-state index in [1.165, 1.54) is 0 Å². The van der Waals surface area contributed by atoms with Crippen LogP contribution in [0.5, 0.6) is 11.5 Å². The first-order valence-corrected chi connectivity index (χ1v) is 8.12. The summed E-state index contributed by atoms with van der Waals surface area (Å²) in [5.74, 6) is 1.77. The molecular formula is C15H20N4O2S. The van der Waals surface area contributed by atoms with Crippen molar-refractivity contribution in [1.82, 2.24) is 15.1 Å². The molecule has 6 nitrogen and oxygen atoms in total. The van der Waals surface area contributed by atoms with Gasteiger partial charge in [0.2, 0.25) is 5.13 Å². The molecule has 22 heavy (non-hydrogen) atoms. The number of hydrogen-bond donors (Lipinski definition) is 0. The molecule has 0 unspecified atom stereocenters. The molecular weight excluding hydrogens is 300 g/mol. The van der Waals surface area contributed by atoms with Gasteiger partial charge in [-0.3, -0.25) is 4.90 Å². The van der Waals surface area contributed by atoms with Crippen LogP contribution in [0.15, 0.2) is 23.7 Å². The summed E-state index contributed by atoms with van der Waals surface area (Å²) in [5, 5.41) is 9.06. The van der Waals surface area contributed by atoms with Crippen molar-refractivity contribution in [2.24, 2.45) is 0 Å². The van der Waals surface area contributed by atoms with Gasteiger partial charge in [0.15, 0.2) is 0 Å². The van der Waals surface area contributed by atoms with Crippen LogP contribution in [-0.4, -0.2) is 55.5 Å². The lowest BCUT2D eigenvalue weighted by Gasteiger charge is -2.34. The third kappa shape index (κ3) is 3.31. The SMILES string of the molecule is COc1ccc(OC)c(CN2CCN(c3nncs3)CC2)c1. The van der Waals surface area contributed by atoms with E-state index in [0.29, 0.717) is 0 Å². The van der Waals surface area contributed by atoms with Crippen molar-refractivity contribution in [3.63, 3.8) is 0 Å². The molecule has 1 aliphatic rings. The number of methoxy groups -OCH3 is 2. The average molecular weight is 320 g/mol. The maximum absolute atomic E-state index is 5.46. The van der Waals surface area contributed by atoms with Gasteiger partial charge in [0.1, 0.15) is 17.0 Å². The largest absolute Gasteiger partial charge is 0.497 e. The van der Waals surface area contributed by atoms with E-state index < -0.39 is 0 Å². The smallest absolute Gasteiger partial charge is 0.208 e. The van der Waals surface area contributed by atoms with E-state index in [0.717, 1.165) is 54.9 Å². The molecule has 118 valence electrons. The molecule has 2 heterocycles. The zero-order valence-corrected chi connectivity index (χ0v) is 13.7. The van der Waals surface area contributed by atoms with Gasteiger partial charge in [-0.2, -0.15) is 0 Å². The molecule has 0 bridgehead atoms. The number of rotatable bonds is 5. The fourth-order valence-electron chi connectivity index (χ4n) is 2.65. The van der Waals surface area contributed by atoms with E-state index in [9.17, 15) is 0 Å². The molecule has 1 aromatic heterocycles. The molecule has 0 amide bonds. The molecule has 0 radical (unpaired) electrons. The summed E-state index contributed by atoms with van der Waals surface area (Å²) in [6, 6.07) is 5.94. The molecule has 1 fully saturated rings. The molecule has 0 spiro atoms. The quantitative estimate of drug-likeness (QED) is 0.838. The van der Waals surface area contributed by atoms with Crippen molar-refractivity contribution in [3.8, 4) is 11.5 Å².